The summed E-state index contributed by atoms with van der Waals surface area (Å²) < 4.78 is 32.9. The molecule has 0 bridgehead atoms. The molecular formula is C26H25N3O4S3. The first kappa shape index (κ1) is 25.9. The third-order valence-electron chi connectivity index (χ3n) is 5.32. The number of pyridine rings is 1. The lowest BCUT2D eigenvalue weighted by Gasteiger charge is -2.11. The number of anilines is 1. The minimum absolute atomic E-state index is 0.0590. The molecule has 5 rings (SSSR count). The van der Waals surface area contributed by atoms with Crippen molar-refractivity contribution in [2.24, 2.45) is 7.05 Å². The molecule has 0 spiro atoms. The van der Waals surface area contributed by atoms with E-state index in [-0.39, 0.29) is 5.56 Å². The number of para-hydroxylation sites is 1. The summed E-state index contributed by atoms with van der Waals surface area (Å²) in [5.41, 5.74) is 3.40. The highest BCUT2D eigenvalue weighted by Gasteiger charge is 2.24. The quantitative estimate of drug-likeness (QED) is 0.293. The molecule has 2 aromatic carbocycles. The molecule has 1 aliphatic heterocycles. The van der Waals surface area contributed by atoms with Gasteiger partial charge >= 0.3 is 0 Å². The van der Waals surface area contributed by atoms with Gasteiger partial charge in [0.15, 0.2) is 12.4 Å². The topological polar surface area (TPSA) is 86.3 Å². The maximum Gasteiger partial charge on any atom is 0.272 e. The summed E-state index contributed by atoms with van der Waals surface area (Å²) in [6.45, 7) is 0.553. The molecule has 36 heavy (non-hydrogen) atoms. The average Bonchev–Trinajstić information content (AvgIpc) is 3.32. The van der Waals surface area contributed by atoms with Gasteiger partial charge in [0.2, 0.25) is 0 Å². The van der Waals surface area contributed by atoms with Gasteiger partial charge in [0.05, 0.1) is 27.0 Å². The molecule has 7 nitrogen and oxygen atoms in total. The fourth-order valence-corrected chi connectivity index (χ4v) is 6.05. The van der Waals surface area contributed by atoms with Crippen LogP contribution >= 0.6 is 23.1 Å². The van der Waals surface area contributed by atoms with E-state index in [2.05, 4.69) is 47.4 Å². The van der Waals surface area contributed by atoms with Crippen LogP contribution in [0.5, 0.6) is 0 Å². The fourth-order valence-electron chi connectivity index (χ4n) is 3.64. The second-order valence-electron chi connectivity index (χ2n) is 8.23. The van der Waals surface area contributed by atoms with Crippen LogP contribution in [0.2, 0.25) is 0 Å². The van der Waals surface area contributed by atoms with E-state index in [0.29, 0.717) is 12.8 Å². The lowest BCUT2D eigenvalue weighted by molar-refractivity contribution is -0.671. The first-order valence-corrected chi connectivity index (χ1v) is 14.4. The van der Waals surface area contributed by atoms with Crippen LogP contribution in [0.4, 0.5) is 5.69 Å². The number of aryl methyl sites for hydroxylation is 1. The number of fused-ring (bicyclic) bond motifs is 1. The number of hydrogen-bond acceptors (Lipinski definition) is 7. The van der Waals surface area contributed by atoms with Gasteiger partial charge in [-0.25, -0.2) is 13.0 Å². The van der Waals surface area contributed by atoms with E-state index in [0.717, 1.165) is 31.0 Å². The summed E-state index contributed by atoms with van der Waals surface area (Å²) in [5, 5.41) is 0.997. The van der Waals surface area contributed by atoms with E-state index < -0.39 is 10.1 Å². The van der Waals surface area contributed by atoms with Gasteiger partial charge in [-0.15, -0.1) is 11.3 Å². The second kappa shape index (κ2) is 10.8. The highest BCUT2D eigenvalue weighted by Crippen LogP contribution is 2.44. The van der Waals surface area contributed by atoms with E-state index in [4.69, 9.17) is 13.0 Å². The van der Waals surface area contributed by atoms with Crippen LogP contribution in [0.1, 0.15) is 11.1 Å². The lowest BCUT2D eigenvalue weighted by Crippen LogP contribution is -2.34. The number of nitrogens with zero attached hydrogens (tertiary/aromatic N) is 3. The molecule has 0 saturated heterocycles. The monoisotopic (exact) mass is 539 g/mol. The van der Waals surface area contributed by atoms with Crippen molar-refractivity contribution in [1.29, 1.82) is 0 Å². The smallest absolute Gasteiger partial charge is 0.272 e. The van der Waals surface area contributed by atoms with Crippen molar-refractivity contribution in [2.45, 2.75) is 11.4 Å². The molecule has 1 aliphatic rings. The average molecular weight is 540 g/mol. The molecule has 4 aromatic rings. The SMILES string of the molecule is CN1/C(=c2\s/c(=C/c3cc[n+](C)cc3)n(Cc3ccccc3)c2=O)Sc2ccccc21.CS(=O)(=O)[O-]. The Balaban J connectivity index is 0.000000556. The maximum absolute atomic E-state index is 13.6. The van der Waals surface area contributed by atoms with Crippen molar-refractivity contribution in [3.8, 4) is 0 Å². The standard InChI is InChI=1S/C25H22N3OS2.CH4O3S/c1-26-14-12-18(13-15-26)16-22-28(17-19-8-4-3-5-9-19)24(29)23(31-22)25-27(2)20-10-6-7-11-21(20)30-25;1-5(2,3)4/h3-16H,17H2,1-2H3;1H3,(H,2,3,4)/q+1;/p-1/b25-23+;. The molecule has 0 N–H and O–H groups in total. The molecule has 0 aliphatic carbocycles. The zero-order valence-electron chi connectivity index (χ0n) is 20.0. The minimum Gasteiger partial charge on any atom is -0.748 e. The third kappa shape index (κ3) is 6.33. The van der Waals surface area contributed by atoms with Gasteiger partial charge in [-0.3, -0.25) is 9.36 Å². The lowest BCUT2D eigenvalue weighted by atomic mass is 10.2. The van der Waals surface area contributed by atoms with Gasteiger partial charge in [0.1, 0.15) is 16.6 Å². The van der Waals surface area contributed by atoms with Crippen molar-refractivity contribution in [2.75, 3.05) is 18.2 Å². The van der Waals surface area contributed by atoms with Gasteiger partial charge < -0.3 is 9.45 Å². The summed E-state index contributed by atoms with van der Waals surface area (Å²) in [6.07, 6.45) is 6.75. The van der Waals surface area contributed by atoms with Gasteiger partial charge in [0.25, 0.3) is 5.56 Å². The Morgan fingerprint density at radius 2 is 1.61 bits per heavy atom. The summed E-state index contributed by atoms with van der Waals surface area (Å²) in [7, 11) is 0.120. The molecule has 0 saturated carbocycles. The summed E-state index contributed by atoms with van der Waals surface area (Å²) >= 11 is 3.24. The van der Waals surface area contributed by atoms with Crippen molar-refractivity contribution < 1.29 is 17.5 Å². The van der Waals surface area contributed by atoms with Crippen LogP contribution < -0.4 is 24.2 Å². The highest BCUT2D eigenvalue weighted by atomic mass is 32.2. The molecule has 0 radical (unpaired) electrons. The van der Waals surface area contributed by atoms with E-state index in [9.17, 15) is 4.79 Å². The number of aromatic nitrogens is 2. The van der Waals surface area contributed by atoms with E-state index in [1.54, 1.807) is 23.1 Å². The first-order valence-electron chi connectivity index (χ1n) is 11.0. The van der Waals surface area contributed by atoms with Crippen molar-refractivity contribution in [3.63, 3.8) is 0 Å². The normalized spacial score (nSPS) is 14.9. The number of rotatable bonds is 3. The van der Waals surface area contributed by atoms with Gasteiger partial charge in [-0.2, -0.15) is 0 Å². The molecule has 3 heterocycles. The molecule has 0 unspecified atom stereocenters. The predicted octanol–water partition coefficient (Wildman–Crippen LogP) is 2.08. The third-order valence-corrected chi connectivity index (χ3v) is 7.81. The van der Waals surface area contributed by atoms with Crippen LogP contribution in [0.25, 0.3) is 11.1 Å². The van der Waals surface area contributed by atoms with E-state index >= 15 is 0 Å². The number of thiazole rings is 1. The Morgan fingerprint density at radius 1 is 1.00 bits per heavy atom. The van der Waals surface area contributed by atoms with Crippen molar-refractivity contribution in [1.82, 2.24) is 4.57 Å². The summed E-state index contributed by atoms with van der Waals surface area (Å²) in [6, 6.07) is 22.6. The largest absolute Gasteiger partial charge is 0.748 e. The minimum atomic E-state index is -3.92. The van der Waals surface area contributed by atoms with Crippen LogP contribution in [0.3, 0.4) is 0 Å². The summed E-state index contributed by atoms with van der Waals surface area (Å²) in [5.74, 6) is 0. The second-order valence-corrected chi connectivity index (χ2v) is 11.7. The van der Waals surface area contributed by atoms with E-state index in [1.165, 1.54) is 4.90 Å². The number of hydrogen-bond donors (Lipinski definition) is 0. The zero-order chi connectivity index (χ0) is 25.9. The Labute approximate surface area is 218 Å². The predicted molar refractivity (Wildman–Crippen MR) is 144 cm³/mol. The number of thioether (sulfide) groups is 1. The zero-order valence-corrected chi connectivity index (χ0v) is 22.4. The van der Waals surface area contributed by atoms with Crippen LogP contribution in [-0.4, -0.2) is 30.8 Å². The molecule has 186 valence electrons. The molecule has 0 fully saturated rings. The highest BCUT2D eigenvalue weighted by molar-refractivity contribution is 8.08. The van der Waals surface area contributed by atoms with Gasteiger partial charge in [-0.1, -0.05) is 54.2 Å². The number of benzene rings is 2. The van der Waals surface area contributed by atoms with E-state index in [1.807, 2.05) is 66.0 Å². The van der Waals surface area contributed by atoms with Crippen LogP contribution in [0, 0.1) is 0 Å². The molecule has 0 amide bonds. The van der Waals surface area contributed by atoms with Crippen molar-refractivity contribution in [3.05, 3.63) is 110 Å². The Bertz CT molecular complexity index is 1650. The van der Waals surface area contributed by atoms with Crippen LogP contribution in [0.15, 0.2) is 88.8 Å². The molecule has 0 atom stereocenters. The molecule has 2 aromatic heterocycles. The van der Waals surface area contributed by atoms with Crippen LogP contribution in [-0.2, 0) is 23.7 Å². The Hall–Kier alpha value is -3.18. The first-order chi connectivity index (χ1) is 17.1. The summed E-state index contributed by atoms with van der Waals surface area (Å²) in [4.78, 5) is 16.9. The Morgan fingerprint density at radius 3 is 2.25 bits per heavy atom. The maximum atomic E-state index is 13.6. The van der Waals surface area contributed by atoms with Gasteiger partial charge in [0, 0.05) is 30.3 Å². The van der Waals surface area contributed by atoms with Crippen molar-refractivity contribution >= 4 is 50.0 Å². The molecule has 10 heteroatoms. The molecular weight excluding hydrogens is 515 g/mol. The van der Waals surface area contributed by atoms with Gasteiger partial charge in [-0.05, 0) is 29.3 Å². The fraction of sp³-hybridized carbons (Fsp3) is 0.154. The Kier molecular flexibility index (Phi) is 7.79.